The highest BCUT2D eigenvalue weighted by Gasteiger charge is 2.34. The van der Waals surface area contributed by atoms with Gasteiger partial charge in [-0.25, -0.2) is 8.42 Å². The fraction of sp³-hybridized carbons (Fsp3) is 0.417. The van der Waals surface area contributed by atoms with Crippen LogP contribution in [0, 0.1) is 5.41 Å². The van der Waals surface area contributed by atoms with E-state index in [1.54, 1.807) is 0 Å². The predicted molar refractivity (Wildman–Crippen MR) is 129 cm³/mol. The Hall–Kier alpha value is -2.42. The van der Waals surface area contributed by atoms with Gasteiger partial charge in [-0.1, -0.05) is 43.6 Å². The molecule has 1 aliphatic carbocycles. The second kappa shape index (κ2) is 10.7. The molecule has 3 N–H and O–H groups in total. The minimum atomic E-state index is -3.75. The Morgan fingerprint density at radius 2 is 1.70 bits per heavy atom. The molecule has 2 aliphatic rings. The number of rotatable bonds is 5. The molecule has 1 aliphatic heterocycles. The summed E-state index contributed by atoms with van der Waals surface area (Å²) in [4.78, 5) is 23.5. The molecule has 1 heterocycles. The number of nitrogens with one attached hydrogen (secondary N) is 3. The maximum Gasteiger partial charge on any atom is 0.251 e. The van der Waals surface area contributed by atoms with Crippen molar-refractivity contribution in [2.24, 2.45) is 5.41 Å². The zero-order valence-corrected chi connectivity index (χ0v) is 20.4. The molecule has 0 bridgehead atoms. The van der Waals surface area contributed by atoms with Crippen LogP contribution in [-0.4, -0.2) is 38.9 Å². The topological polar surface area (TPSA) is 104 Å². The molecular weight excluding hydrogens is 462 g/mol. The lowest BCUT2D eigenvalue weighted by molar-refractivity contribution is -0.122. The van der Waals surface area contributed by atoms with Crippen LogP contribution in [0.25, 0.3) is 0 Å². The van der Waals surface area contributed by atoms with Crippen LogP contribution in [0.5, 0.6) is 0 Å². The van der Waals surface area contributed by atoms with Crippen molar-refractivity contribution in [1.82, 2.24) is 15.4 Å². The quantitative estimate of drug-likeness (QED) is 0.595. The molecule has 2 amide bonds. The second-order valence-corrected chi connectivity index (χ2v) is 11.3. The van der Waals surface area contributed by atoms with Crippen LogP contribution < -0.4 is 15.4 Å². The fourth-order valence-electron chi connectivity index (χ4n) is 3.44. The van der Waals surface area contributed by atoms with E-state index < -0.39 is 16.1 Å². The van der Waals surface area contributed by atoms with Crippen molar-refractivity contribution in [2.75, 3.05) is 6.54 Å². The molecule has 1 atom stereocenters. The van der Waals surface area contributed by atoms with Gasteiger partial charge in [0.2, 0.25) is 15.9 Å². The summed E-state index contributed by atoms with van der Waals surface area (Å²) in [5.74, 6) is -0.226. The number of amides is 2. The Morgan fingerprint density at radius 1 is 1.06 bits per heavy atom. The number of hydrogen-bond acceptors (Lipinski definition) is 4. The average Bonchev–Trinajstić information content (AvgIpc) is 3.58. The highest BCUT2D eigenvalue weighted by atomic mass is 35.5. The Kier molecular flexibility index (Phi) is 8.15. The van der Waals surface area contributed by atoms with Crippen LogP contribution in [0.2, 0.25) is 5.02 Å². The first-order chi connectivity index (χ1) is 15.6. The largest absolute Gasteiger partial charge is 0.355 e. The second-order valence-electron chi connectivity index (χ2n) is 9.15. The summed E-state index contributed by atoms with van der Waals surface area (Å²) in [7, 11) is -3.75. The first-order valence-corrected chi connectivity index (χ1v) is 12.8. The zero-order chi connectivity index (χ0) is 24.1. The van der Waals surface area contributed by atoms with E-state index in [0.29, 0.717) is 24.0 Å². The highest BCUT2D eigenvalue weighted by Crippen LogP contribution is 2.29. The summed E-state index contributed by atoms with van der Waals surface area (Å²) in [6.07, 6.45) is 3.56. The van der Waals surface area contributed by atoms with Crippen molar-refractivity contribution in [2.45, 2.75) is 56.5 Å². The van der Waals surface area contributed by atoms with E-state index in [1.807, 2.05) is 44.2 Å². The molecule has 33 heavy (non-hydrogen) atoms. The van der Waals surface area contributed by atoms with Gasteiger partial charge in [-0.05, 0) is 67.5 Å². The number of carbonyl (C=O) groups is 2. The summed E-state index contributed by atoms with van der Waals surface area (Å²) in [6.45, 7) is 4.61. The van der Waals surface area contributed by atoms with Crippen molar-refractivity contribution in [1.29, 1.82) is 0 Å². The maximum absolute atomic E-state index is 12.3. The molecule has 178 valence electrons. The monoisotopic (exact) mass is 491 g/mol. The molecule has 0 aromatic heterocycles. The number of carbonyl (C=O) groups excluding carboxylic acids is 2. The van der Waals surface area contributed by atoms with Gasteiger partial charge in [0.15, 0.2) is 0 Å². The van der Waals surface area contributed by atoms with Crippen molar-refractivity contribution in [3.05, 3.63) is 65.2 Å². The van der Waals surface area contributed by atoms with Gasteiger partial charge in [0.1, 0.15) is 6.04 Å². The van der Waals surface area contributed by atoms with Crippen LogP contribution in [0.3, 0.4) is 0 Å². The van der Waals surface area contributed by atoms with Crippen LogP contribution in [-0.2, 0) is 14.8 Å². The van der Waals surface area contributed by atoms with Gasteiger partial charge in [-0.2, -0.15) is 4.72 Å². The molecule has 7 nitrogen and oxygen atoms in total. The van der Waals surface area contributed by atoms with Gasteiger partial charge in [-0.15, -0.1) is 0 Å². The molecule has 0 unspecified atom stereocenters. The first kappa shape index (κ1) is 25.2. The number of halogens is 1. The molecule has 0 spiro atoms. The molecule has 0 radical (unpaired) electrons. The predicted octanol–water partition coefficient (Wildman–Crippen LogP) is 3.50. The van der Waals surface area contributed by atoms with Gasteiger partial charge in [0.25, 0.3) is 5.91 Å². The van der Waals surface area contributed by atoms with Crippen LogP contribution in [0.1, 0.15) is 49.9 Å². The summed E-state index contributed by atoms with van der Waals surface area (Å²) >= 11 is 5.76. The summed E-state index contributed by atoms with van der Waals surface area (Å²) < 4.78 is 27.2. The van der Waals surface area contributed by atoms with Crippen LogP contribution in [0.4, 0.5) is 0 Å². The van der Waals surface area contributed by atoms with E-state index in [1.165, 1.54) is 24.3 Å². The molecular formula is C24H30ClN3O4S. The lowest BCUT2D eigenvalue weighted by Gasteiger charge is -2.25. The van der Waals surface area contributed by atoms with Crippen LogP contribution >= 0.6 is 11.6 Å². The molecule has 2 fully saturated rings. The van der Waals surface area contributed by atoms with E-state index in [0.717, 1.165) is 24.8 Å². The maximum atomic E-state index is 12.3. The van der Waals surface area contributed by atoms with Crippen LogP contribution in [0.15, 0.2) is 59.5 Å². The Bertz CT molecular complexity index is 1070. The van der Waals surface area contributed by atoms with E-state index in [9.17, 15) is 18.0 Å². The minimum Gasteiger partial charge on any atom is -0.355 e. The molecule has 9 heteroatoms. The molecule has 2 aromatic carbocycles. The summed E-state index contributed by atoms with van der Waals surface area (Å²) in [5.41, 5.74) is 0.649. The molecule has 1 saturated carbocycles. The Labute approximate surface area is 200 Å². The van der Waals surface area contributed by atoms with Crippen molar-refractivity contribution >= 4 is 33.4 Å². The zero-order valence-electron chi connectivity index (χ0n) is 18.8. The SMILES string of the molecule is CC1(C)CCNC(=O)[C@@H](NS(=O)(=O)c2ccc(Cl)cc2)C1.O=C(NC1CC1)c1ccccc1. The third-order valence-electron chi connectivity index (χ3n) is 5.54. The van der Waals surface area contributed by atoms with Gasteiger partial charge in [-0.3, -0.25) is 9.59 Å². The average molecular weight is 492 g/mol. The number of sulfonamides is 1. The fourth-order valence-corrected chi connectivity index (χ4v) is 4.77. The summed E-state index contributed by atoms with van der Waals surface area (Å²) in [5, 5.41) is 6.14. The Balaban J connectivity index is 0.000000215. The van der Waals surface area contributed by atoms with E-state index in [2.05, 4.69) is 15.4 Å². The number of hydrogen-bond donors (Lipinski definition) is 3. The van der Waals surface area contributed by atoms with E-state index >= 15 is 0 Å². The Morgan fingerprint density at radius 3 is 2.30 bits per heavy atom. The van der Waals surface area contributed by atoms with Gasteiger partial charge < -0.3 is 10.6 Å². The minimum absolute atomic E-state index is 0.0538. The molecule has 4 rings (SSSR count). The lowest BCUT2D eigenvalue weighted by atomic mass is 9.84. The van der Waals surface area contributed by atoms with E-state index in [4.69, 9.17) is 11.6 Å². The van der Waals surface area contributed by atoms with Gasteiger partial charge in [0.05, 0.1) is 4.90 Å². The van der Waals surface area contributed by atoms with Crippen molar-refractivity contribution in [3.8, 4) is 0 Å². The van der Waals surface area contributed by atoms with Gasteiger partial charge >= 0.3 is 0 Å². The number of benzene rings is 2. The third-order valence-corrected chi connectivity index (χ3v) is 7.28. The third kappa shape index (κ3) is 7.84. The highest BCUT2D eigenvalue weighted by molar-refractivity contribution is 7.89. The molecule has 2 aromatic rings. The summed E-state index contributed by atoms with van der Waals surface area (Å²) in [6, 6.07) is 14.9. The smallest absolute Gasteiger partial charge is 0.251 e. The standard InChI is InChI=1S/C14H19ClN2O3S.C10H11NO/c1-14(2)7-8-16-13(18)12(9-14)17-21(19,20)11-5-3-10(15)4-6-11;12-10(11-9-6-7-9)8-4-2-1-3-5-8/h3-6,12,17H,7-9H2,1-2H3,(H,16,18);1-5,9H,6-7H2,(H,11,12)/t12-;/m0./s1. The first-order valence-electron chi connectivity index (χ1n) is 11.0. The van der Waals surface area contributed by atoms with Crippen molar-refractivity contribution in [3.63, 3.8) is 0 Å². The van der Waals surface area contributed by atoms with Crippen molar-refractivity contribution < 1.29 is 18.0 Å². The lowest BCUT2D eigenvalue weighted by Crippen LogP contribution is -2.46. The molecule has 1 saturated heterocycles. The van der Waals surface area contributed by atoms with E-state index in [-0.39, 0.29) is 22.1 Å². The van der Waals surface area contributed by atoms with Gasteiger partial charge in [0, 0.05) is 23.2 Å². The normalized spacial score (nSPS) is 20.0.